The lowest BCUT2D eigenvalue weighted by molar-refractivity contribution is -0.118. The first-order chi connectivity index (χ1) is 16.2. The maximum absolute atomic E-state index is 11.7. The Balaban J connectivity index is 1.36. The standard InChI is InChI=1S/C24H29N7OS/c1-2-18(32)13-16-3-7-19(8-4-16)33-24-27-21(15-23(28-24)31-11-9-25-10-12-31)26-22-14-20(29-30-22)17-5-6-17/h3-4,7-8,14-15,17,25H,2,5-6,9-13H2,1H3,(H2,26,27,28,29,30). The number of benzene rings is 1. The van der Waals surface area contributed by atoms with E-state index in [0.717, 1.165) is 54.1 Å². The quantitative estimate of drug-likeness (QED) is 0.411. The summed E-state index contributed by atoms with van der Waals surface area (Å²) in [5.74, 6) is 3.31. The summed E-state index contributed by atoms with van der Waals surface area (Å²) >= 11 is 1.53. The Morgan fingerprint density at radius 2 is 1.91 bits per heavy atom. The summed E-state index contributed by atoms with van der Waals surface area (Å²) in [6.45, 7) is 5.61. The summed E-state index contributed by atoms with van der Waals surface area (Å²) in [6, 6.07) is 12.2. The molecule has 3 aromatic rings. The Morgan fingerprint density at radius 3 is 2.64 bits per heavy atom. The van der Waals surface area contributed by atoms with Gasteiger partial charge < -0.3 is 15.5 Å². The van der Waals surface area contributed by atoms with Crippen molar-refractivity contribution in [2.45, 2.75) is 48.6 Å². The Labute approximate surface area is 198 Å². The molecule has 33 heavy (non-hydrogen) atoms. The van der Waals surface area contributed by atoms with Crippen LogP contribution in [-0.4, -0.2) is 52.1 Å². The fourth-order valence-electron chi connectivity index (χ4n) is 3.85. The number of H-pyrrole nitrogens is 1. The molecular weight excluding hydrogens is 434 g/mol. The smallest absolute Gasteiger partial charge is 0.196 e. The summed E-state index contributed by atoms with van der Waals surface area (Å²) in [6.07, 6.45) is 3.51. The van der Waals surface area contributed by atoms with E-state index in [9.17, 15) is 4.79 Å². The van der Waals surface area contributed by atoms with E-state index in [1.807, 2.05) is 37.3 Å². The molecule has 5 rings (SSSR count). The first kappa shape index (κ1) is 21.9. The van der Waals surface area contributed by atoms with Crippen LogP contribution in [0.1, 0.15) is 43.4 Å². The third-order valence-electron chi connectivity index (χ3n) is 5.93. The van der Waals surface area contributed by atoms with Crippen molar-refractivity contribution >= 4 is 35.0 Å². The second-order valence-corrected chi connectivity index (χ2v) is 9.59. The predicted molar refractivity (Wildman–Crippen MR) is 131 cm³/mol. The molecular formula is C24H29N7OS. The number of rotatable bonds is 9. The van der Waals surface area contributed by atoms with Crippen molar-refractivity contribution in [2.24, 2.45) is 0 Å². The lowest BCUT2D eigenvalue weighted by Gasteiger charge is -2.28. The molecule has 1 aromatic carbocycles. The molecule has 9 heteroatoms. The van der Waals surface area contributed by atoms with Crippen molar-refractivity contribution in [3.05, 3.63) is 47.7 Å². The highest BCUT2D eigenvalue weighted by Gasteiger charge is 2.25. The number of Topliss-reactive ketones (excluding diaryl/α,β-unsaturated/α-hetero) is 1. The Hall–Kier alpha value is -2.91. The van der Waals surface area contributed by atoms with Crippen LogP contribution in [0.25, 0.3) is 0 Å². The molecule has 0 bridgehead atoms. The van der Waals surface area contributed by atoms with Gasteiger partial charge in [-0.3, -0.25) is 9.89 Å². The van der Waals surface area contributed by atoms with Crippen LogP contribution >= 0.6 is 11.8 Å². The van der Waals surface area contributed by atoms with Crippen LogP contribution in [-0.2, 0) is 11.2 Å². The predicted octanol–water partition coefficient (Wildman–Crippen LogP) is 3.90. The van der Waals surface area contributed by atoms with E-state index in [2.05, 4.69) is 31.8 Å². The average molecular weight is 464 g/mol. The highest BCUT2D eigenvalue weighted by atomic mass is 32.2. The second-order valence-electron chi connectivity index (χ2n) is 8.55. The van der Waals surface area contributed by atoms with Gasteiger partial charge >= 0.3 is 0 Å². The largest absolute Gasteiger partial charge is 0.354 e. The van der Waals surface area contributed by atoms with Gasteiger partial charge in [-0.1, -0.05) is 19.1 Å². The zero-order chi connectivity index (χ0) is 22.6. The molecule has 0 spiro atoms. The maximum atomic E-state index is 11.7. The van der Waals surface area contributed by atoms with Crippen molar-refractivity contribution in [3.63, 3.8) is 0 Å². The monoisotopic (exact) mass is 463 g/mol. The number of ketones is 1. The summed E-state index contributed by atoms with van der Waals surface area (Å²) in [4.78, 5) is 24.7. The highest BCUT2D eigenvalue weighted by molar-refractivity contribution is 7.99. The van der Waals surface area contributed by atoms with Crippen LogP contribution in [0.3, 0.4) is 0 Å². The molecule has 1 aliphatic heterocycles. The fraction of sp³-hybridized carbons (Fsp3) is 0.417. The fourth-order valence-corrected chi connectivity index (χ4v) is 4.61. The van der Waals surface area contributed by atoms with Crippen molar-refractivity contribution in [1.29, 1.82) is 0 Å². The lowest BCUT2D eigenvalue weighted by atomic mass is 10.1. The van der Waals surface area contributed by atoms with E-state index < -0.39 is 0 Å². The SMILES string of the molecule is CCC(=O)Cc1ccc(Sc2nc(Nc3cc(C4CC4)[nH]n3)cc(N3CCNCC3)n2)cc1. The molecule has 3 heterocycles. The normalized spacial score (nSPS) is 16.1. The summed E-state index contributed by atoms with van der Waals surface area (Å²) in [5, 5.41) is 15.0. The van der Waals surface area contributed by atoms with Crippen molar-refractivity contribution in [1.82, 2.24) is 25.5 Å². The van der Waals surface area contributed by atoms with E-state index in [4.69, 9.17) is 9.97 Å². The number of hydrogen-bond donors (Lipinski definition) is 3. The Morgan fingerprint density at radius 1 is 1.12 bits per heavy atom. The topological polar surface area (TPSA) is 98.8 Å². The van der Waals surface area contributed by atoms with Gasteiger partial charge in [-0.25, -0.2) is 9.97 Å². The number of carbonyl (C=O) groups is 1. The zero-order valence-corrected chi connectivity index (χ0v) is 19.6. The molecule has 1 aliphatic carbocycles. The first-order valence-electron chi connectivity index (χ1n) is 11.6. The third kappa shape index (κ3) is 5.72. The summed E-state index contributed by atoms with van der Waals surface area (Å²) < 4.78 is 0. The summed E-state index contributed by atoms with van der Waals surface area (Å²) in [5.41, 5.74) is 2.22. The van der Waals surface area contributed by atoms with Crippen molar-refractivity contribution in [3.8, 4) is 0 Å². The van der Waals surface area contributed by atoms with Gasteiger partial charge in [0.05, 0.1) is 0 Å². The molecule has 8 nitrogen and oxygen atoms in total. The molecule has 1 saturated carbocycles. The van der Waals surface area contributed by atoms with E-state index in [1.165, 1.54) is 30.3 Å². The molecule has 2 aliphatic rings. The van der Waals surface area contributed by atoms with Gasteiger partial charge in [0.15, 0.2) is 11.0 Å². The van der Waals surface area contributed by atoms with Gasteiger partial charge in [0.2, 0.25) is 0 Å². The summed E-state index contributed by atoms with van der Waals surface area (Å²) in [7, 11) is 0. The van der Waals surface area contributed by atoms with E-state index in [-0.39, 0.29) is 5.78 Å². The van der Waals surface area contributed by atoms with Gasteiger partial charge in [-0.05, 0) is 42.3 Å². The molecule has 2 fully saturated rings. The third-order valence-corrected chi connectivity index (χ3v) is 6.81. The van der Waals surface area contributed by atoms with Crippen molar-refractivity contribution < 1.29 is 4.79 Å². The molecule has 1 saturated heterocycles. The van der Waals surface area contributed by atoms with Crippen LogP contribution < -0.4 is 15.5 Å². The van der Waals surface area contributed by atoms with Crippen LogP contribution in [0.15, 0.2) is 46.5 Å². The molecule has 3 N–H and O–H groups in total. The number of hydrogen-bond acceptors (Lipinski definition) is 8. The Kier molecular flexibility index (Phi) is 6.59. The number of nitrogens with zero attached hydrogens (tertiary/aromatic N) is 4. The van der Waals surface area contributed by atoms with Crippen LogP contribution in [0, 0.1) is 0 Å². The minimum atomic E-state index is 0.251. The number of piperazine rings is 1. The molecule has 0 unspecified atom stereocenters. The van der Waals surface area contributed by atoms with Gasteiger partial charge in [-0.15, -0.1) is 0 Å². The molecule has 0 amide bonds. The molecule has 0 atom stereocenters. The minimum absolute atomic E-state index is 0.251. The molecule has 0 radical (unpaired) electrons. The number of carbonyl (C=O) groups excluding carboxylic acids is 1. The van der Waals surface area contributed by atoms with E-state index in [1.54, 1.807) is 0 Å². The lowest BCUT2D eigenvalue weighted by Crippen LogP contribution is -2.44. The van der Waals surface area contributed by atoms with E-state index in [0.29, 0.717) is 23.9 Å². The van der Waals surface area contributed by atoms with Crippen molar-refractivity contribution in [2.75, 3.05) is 36.4 Å². The van der Waals surface area contributed by atoms with Gasteiger partial charge in [0.1, 0.15) is 17.4 Å². The zero-order valence-electron chi connectivity index (χ0n) is 18.8. The van der Waals surface area contributed by atoms with Crippen LogP contribution in [0.4, 0.5) is 17.5 Å². The number of aromatic amines is 1. The number of nitrogens with one attached hydrogen (secondary N) is 3. The molecule has 2 aromatic heterocycles. The number of anilines is 3. The minimum Gasteiger partial charge on any atom is -0.354 e. The van der Waals surface area contributed by atoms with Gasteiger partial charge in [0.25, 0.3) is 0 Å². The highest BCUT2D eigenvalue weighted by Crippen LogP contribution is 2.39. The Bertz CT molecular complexity index is 1100. The molecule has 172 valence electrons. The first-order valence-corrected chi connectivity index (χ1v) is 12.4. The maximum Gasteiger partial charge on any atom is 0.196 e. The van der Waals surface area contributed by atoms with Gasteiger partial charge in [-0.2, -0.15) is 5.10 Å². The number of aromatic nitrogens is 4. The van der Waals surface area contributed by atoms with E-state index >= 15 is 0 Å². The van der Waals surface area contributed by atoms with Gasteiger partial charge in [0, 0.05) is 67.7 Å². The van der Waals surface area contributed by atoms with Crippen LogP contribution in [0.5, 0.6) is 0 Å². The average Bonchev–Trinajstić information content (AvgIpc) is 3.59. The second kappa shape index (κ2) is 9.93. The van der Waals surface area contributed by atoms with Crippen LogP contribution in [0.2, 0.25) is 0 Å².